The van der Waals surface area contributed by atoms with Crippen LogP contribution >= 0.6 is 11.8 Å². The van der Waals surface area contributed by atoms with Crippen molar-refractivity contribution < 1.29 is 22.7 Å². The van der Waals surface area contributed by atoms with Gasteiger partial charge in [0.05, 0.1) is 5.25 Å². The first-order valence-corrected chi connectivity index (χ1v) is 8.55. The number of halogens is 2. The van der Waals surface area contributed by atoms with E-state index in [1.54, 1.807) is 6.92 Å². The maximum Gasteiger partial charge on any atom is 0.387 e. The second-order valence-electron chi connectivity index (χ2n) is 5.27. The van der Waals surface area contributed by atoms with Crippen LogP contribution in [0.25, 0.3) is 11.5 Å². The molecule has 0 aliphatic heterocycles. The minimum absolute atomic E-state index is 0.00117. The van der Waals surface area contributed by atoms with E-state index in [-0.39, 0.29) is 16.8 Å². The second kappa shape index (κ2) is 8.09. The van der Waals surface area contributed by atoms with Gasteiger partial charge >= 0.3 is 6.61 Å². The zero-order chi connectivity index (χ0) is 18.5. The van der Waals surface area contributed by atoms with E-state index < -0.39 is 11.9 Å². The summed E-state index contributed by atoms with van der Waals surface area (Å²) in [4.78, 5) is 12.5. The van der Waals surface area contributed by atoms with Crippen molar-refractivity contribution in [1.82, 2.24) is 10.2 Å². The van der Waals surface area contributed by atoms with Gasteiger partial charge in [0.1, 0.15) is 5.75 Å². The Morgan fingerprint density at radius 2 is 1.77 bits per heavy atom. The Hall–Kier alpha value is -2.74. The van der Waals surface area contributed by atoms with E-state index in [0.29, 0.717) is 11.5 Å². The third-order valence-corrected chi connectivity index (χ3v) is 4.37. The summed E-state index contributed by atoms with van der Waals surface area (Å²) in [6.07, 6.45) is 0. The molecule has 3 rings (SSSR count). The molecule has 3 aromatic rings. The van der Waals surface area contributed by atoms with E-state index in [1.807, 2.05) is 30.3 Å². The molecule has 0 radical (unpaired) electrons. The molecule has 0 N–H and O–H groups in total. The number of ketones is 1. The molecule has 0 unspecified atom stereocenters. The Labute approximate surface area is 152 Å². The van der Waals surface area contributed by atoms with Crippen molar-refractivity contribution >= 4 is 17.5 Å². The van der Waals surface area contributed by atoms with Crippen LogP contribution in [0.4, 0.5) is 8.78 Å². The van der Waals surface area contributed by atoms with E-state index in [9.17, 15) is 13.6 Å². The van der Waals surface area contributed by atoms with Gasteiger partial charge in [-0.1, -0.05) is 30.0 Å². The molecule has 0 spiro atoms. The third kappa shape index (κ3) is 4.45. The van der Waals surface area contributed by atoms with E-state index in [0.717, 1.165) is 17.3 Å². The van der Waals surface area contributed by atoms with Crippen molar-refractivity contribution in [3.63, 3.8) is 0 Å². The van der Waals surface area contributed by atoms with E-state index >= 15 is 0 Å². The third-order valence-electron chi connectivity index (χ3n) is 3.44. The summed E-state index contributed by atoms with van der Waals surface area (Å²) in [6, 6.07) is 14.8. The van der Waals surface area contributed by atoms with Gasteiger partial charge < -0.3 is 9.15 Å². The van der Waals surface area contributed by atoms with Crippen LogP contribution in [-0.4, -0.2) is 27.8 Å². The van der Waals surface area contributed by atoms with Crippen LogP contribution < -0.4 is 4.74 Å². The van der Waals surface area contributed by atoms with E-state index in [4.69, 9.17) is 4.42 Å². The summed E-state index contributed by atoms with van der Waals surface area (Å²) in [7, 11) is 0. The molecule has 2 aromatic carbocycles. The van der Waals surface area contributed by atoms with Crippen molar-refractivity contribution in [2.75, 3.05) is 0 Å². The highest BCUT2D eigenvalue weighted by molar-refractivity contribution is 8.00. The van der Waals surface area contributed by atoms with Crippen molar-refractivity contribution in [3.8, 4) is 17.2 Å². The Kier molecular flexibility index (Phi) is 5.62. The molecule has 0 aliphatic rings. The Morgan fingerprint density at radius 1 is 1.08 bits per heavy atom. The summed E-state index contributed by atoms with van der Waals surface area (Å²) in [5.41, 5.74) is 1.18. The minimum Gasteiger partial charge on any atom is -0.435 e. The molecule has 1 atom stereocenters. The molecule has 0 aliphatic carbocycles. The zero-order valence-corrected chi connectivity index (χ0v) is 14.5. The van der Waals surface area contributed by atoms with Gasteiger partial charge in [-0.15, -0.1) is 10.2 Å². The maximum absolute atomic E-state index is 12.5. The molecule has 0 fully saturated rings. The van der Waals surface area contributed by atoms with Crippen LogP contribution in [0.2, 0.25) is 0 Å². The van der Waals surface area contributed by atoms with Gasteiger partial charge in [0.25, 0.3) is 5.22 Å². The Balaban J connectivity index is 1.65. The number of Topliss-reactive ketones (excluding diaryl/α,β-unsaturated/α-hetero) is 1. The number of carbonyl (C=O) groups excluding carboxylic acids is 1. The molecule has 5 nitrogen and oxygen atoms in total. The van der Waals surface area contributed by atoms with Crippen molar-refractivity contribution in [1.29, 1.82) is 0 Å². The number of carbonyl (C=O) groups is 1. The fourth-order valence-electron chi connectivity index (χ4n) is 2.19. The molecule has 0 amide bonds. The lowest BCUT2D eigenvalue weighted by Gasteiger charge is -2.09. The number of ether oxygens (including phenoxy) is 1. The lowest BCUT2D eigenvalue weighted by Crippen LogP contribution is -2.13. The molecule has 1 aromatic heterocycles. The average molecular weight is 376 g/mol. The van der Waals surface area contributed by atoms with Crippen molar-refractivity contribution in [3.05, 3.63) is 60.2 Å². The van der Waals surface area contributed by atoms with Gasteiger partial charge in [-0.05, 0) is 43.3 Å². The molecular formula is C18H14F2N2O3S. The summed E-state index contributed by atoms with van der Waals surface area (Å²) < 4.78 is 34.2. The fourth-order valence-corrected chi connectivity index (χ4v) is 2.96. The Bertz CT molecular complexity index is 870. The van der Waals surface area contributed by atoms with Gasteiger partial charge in [-0.2, -0.15) is 8.78 Å². The number of alkyl halides is 2. The van der Waals surface area contributed by atoms with Gasteiger partial charge in [0.15, 0.2) is 5.78 Å². The predicted octanol–water partition coefficient (Wildman–Crippen LogP) is 4.70. The topological polar surface area (TPSA) is 65.2 Å². The van der Waals surface area contributed by atoms with Crippen molar-refractivity contribution in [2.45, 2.75) is 24.0 Å². The summed E-state index contributed by atoms with van der Waals surface area (Å²) in [6.45, 7) is -1.19. The molecule has 1 heterocycles. The number of hydrogen-bond donors (Lipinski definition) is 0. The smallest absolute Gasteiger partial charge is 0.387 e. The highest BCUT2D eigenvalue weighted by Crippen LogP contribution is 2.28. The van der Waals surface area contributed by atoms with Gasteiger partial charge in [0.2, 0.25) is 5.89 Å². The van der Waals surface area contributed by atoms with Crippen LogP contribution in [0.5, 0.6) is 5.75 Å². The molecule has 0 saturated heterocycles. The van der Waals surface area contributed by atoms with E-state index in [2.05, 4.69) is 14.9 Å². The largest absolute Gasteiger partial charge is 0.435 e. The highest BCUT2D eigenvalue weighted by atomic mass is 32.2. The molecule has 0 bridgehead atoms. The summed E-state index contributed by atoms with van der Waals surface area (Å²) in [5.74, 6) is 0.195. The predicted molar refractivity (Wildman–Crippen MR) is 92.5 cm³/mol. The van der Waals surface area contributed by atoms with Crippen molar-refractivity contribution in [2.24, 2.45) is 0 Å². The van der Waals surface area contributed by atoms with Crippen LogP contribution in [0.15, 0.2) is 64.2 Å². The number of thioether (sulfide) groups is 1. The first-order chi connectivity index (χ1) is 12.5. The monoisotopic (exact) mass is 376 g/mol. The van der Waals surface area contributed by atoms with Gasteiger partial charge in [-0.3, -0.25) is 4.79 Å². The molecule has 134 valence electrons. The molecule has 8 heteroatoms. The second-order valence-corrected chi connectivity index (χ2v) is 6.56. The lowest BCUT2D eigenvalue weighted by atomic mass is 10.1. The number of nitrogens with zero attached hydrogens (tertiary/aromatic N) is 2. The van der Waals surface area contributed by atoms with Gasteiger partial charge in [-0.25, -0.2) is 0 Å². The molecular weight excluding hydrogens is 362 g/mol. The number of hydrogen-bond acceptors (Lipinski definition) is 6. The van der Waals surface area contributed by atoms with Crippen LogP contribution in [0.1, 0.15) is 17.3 Å². The SMILES string of the molecule is C[C@@H](Sc1nnc(-c2ccccc2)o1)C(=O)c1ccc(OC(F)F)cc1. The quantitative estimate of drug-likeness (QED) is 0.440. The average Bonchev–Trinajstić information content (AvgIpc) is 3.10. The standard InChI is InChI=1S/C18H14F2N2O3S/c1-11(15(23)12-7-9-14(10-8-12)24-17(19)20)26-18-22-21-16(25-18)13-5-3-2-4-6-13/h2-11,17H,1H3/t11-/m1/s1. The number of rotatable bonds is 7. The zero-order valence-electron chi connectivity index (χ0n) is 13.6. The summed E-state index contributed by atoms with van der Waals surface area (Å²) >= 11 is 1.14. The fraction of sp³-hybridized carbons (Fsp3) is 0.167. The highest BCUT2D eigenvalue weighted by Gasteiger charge is 2.20. The first kappa shape index (κ1) is 18.1. The molecule has 26 heavy (non-hydrogen) atoms. The number of aromatic nitrogens is 2. The Morgan fingerprint density at radius 3 is 2.42 bits per heavy atom. The van der Waals surface area contributed by atoms with E-state index in [1.165, 1.54) is 24.3 Å². The summed E-state index contributed by atoms with van der Waals surface area (Å²) in [5, 5.41) is 7.72. The van der Waals surface area contributed by atoms with Gasteiger partial charge in [0, 0.05) is 11.1 Å². The minimum atomic E-state index is -2.90. The first-order valence-electron chi connectivity index (χ1n) is 7.67. The molecule has 0 saturated carbocycles. The normalized spacial score (nSPS) is 12.2. The van der Waals surface area contributed by atoms with Crippen LogP contribution in [-0.2, 0) is 0 Å². The lowest BCUT2D eigenvalue weighted by molar-refractivity contribution is -0.0498. The van der Waals surface area contributed by atoms with Crippen LogP contribution in [0, 0.1) is 0 Å². The maximum atomic E-state index is 12.5. The number of benzene rings is 2. The van der Waals surface area contributed by atoms with Crippen LogP contribution in [0.3, 0.4) is 0 Å².